The van der Waals surface area contributed by atoms with Crippen molar-refractivity contribution in [1.29, 1.82) is 0 Å². The van der Waals surface area contributed by atoms with E-state index in [0.717, 1.165) is 0 Å². The molecule has 0 spiro atoms. The molecular formula is C19H30N2O5. The highest BCUT2D eigenvalue weighted by Gasteiger charge is 2.70. The zero-order valence-electron chi connectivity index (χ0n) is 16.2. The van der Waals surface area contributed by atoms with E-state index >= 15 is 0 Å². The van der Waals surface area contributed by atoms with Gasteiger partial charge in [0.2, 0.25) is 11.8 Å². The molecule has 0 aromatic carbocycles. The zero-order valence-corrected chi connectivity index (χ0v) is 16.2. The van der Waals surface area contributed by atoms with E-state index in [1.807, 2.05) is 20.8 Å². The molecule has 3 rings (SSSR count). The van der Waals surface area contributed by atoms with Crippen molar-refractivity contribution in [3.63, 3.8) is 0 Å². The summed E-state index contributed by atoms with van der Waals surface area (Å²) in [6.45, 7) is 11.1. The van der Waals surface area contributed by atoms with Gasteiger partial charge in [0.15, 0.2) is 0 Å². The summed E-state index contributed by atoms with van der Waals surface area (Å²) in [6, 6.07) is -1.56. The van der Waals surface area contributed by atoms with Gasteiger partial charge in [-0.25, -0.2) is 4.79 Å². The first kappa shape index (κ1) is 19.1. The number of nitrogens with zero attached hydrogens (tertiary/aromatic N) is 1. The molecular weight excluding hydrogens is 336 g/mol. The van der Waals surface area contributed by atoms with Crippen LogP contribution in [0.3, 0.4) is 0 Å². The van der Waals surface area contributed by atoms with Gasteiger partial charge >= 0.3 is 5.97 Å². The maximum atomic E-state index is 13.3. The Kier molecular flexibility index (Phi) is 4.58. The number of amides is 2. The number of carbonyl (C=O) groups is 3. The number of rotatable bonds is 4. The van der Waals surface area contributed by atoms with Crippen molar-refractivity contribution in [2.45, 2.75) is 53.1 Å². The van der Waals surface area contributed by atoms with Gasteiger partial charge in [0.1, 0.15) is 12.1 Å². The van der Waals surface area contributed by atoms with E-state index in [1.165, 1.54) is 4.90 Å². The predicted octanol–water partition coefficient (Wildman–Crippen LogP) is 1.12. The van der Waals surface area contributed by atoms with Crippen LogP contribution in [0.5, 0.6) is 0 Å². The molecule has 3 fully saturated rings. The molecule has 7 nitrogen and oxygen atoms in total. The van der Waals surface area contributed by atoms with Crippen LogP contribution >= 0.6 is 0 Å². The van der Waals surface area contributed by atoms with Gasteiger partial charge in [0.05, 0.1) is 12.5 Å². The number of carbonyl (C=O) groups excluding carboxylic acids is 2. The van der Waals surface area contributed by atoms with E-state index in [9.17, 15) is 19.5 Å². The minimum atomic E-state index is -0.959. The maximum Gasteiger partial charge on any atom is 0.326 e. The lowest BCUT2D eigenvalue weighted by atomic mass is 9.84. The average molecular weight is 366 g/mol. The number of fused-ring (bicyclic) bond motifs is 1. The summed E-state index contributed by atoms with van der Waals surface area (Å²) in [5.41, 5.74) is -0.556. The van der Waals surface area contributed by atoms with Crippen LogP contribution in [0.1, 0.15) is 41.0 Å². The highest BCUT2D eigenvalue weighted by Crippen LogP contribution is 2.65. The van der Waals surface area contributed by atoms with Gasteiger partial charge in [0, 0.05) is 19.1 Å². The second-order valence-corrected chi connectivity index (χ2v) is 9.60. The number of piperidine rings is 1. The van der Waals surface area contributed by atoms with Crippen LogP contribution in [0.4, 0.5) is 0 Å². The molecule has 2 aliphatic heterocycles. The first-order valence-corrected chi connectivity index (χ1v) is 9.37. The SMILES string of the molecule is CC(C)(C)[C@H](NC(=O)C1CCOC1)C(=O)N1C[C@H]2[C@@H]([C@H]1C(=O)O)C2(C)C. The van der Waals surface area contributed by atoms with Crippen molar-refractivity contribution in [3.05, 3.63) is 0 Å². The van der Waals surface area contributed by atoms with Crippen LogP contribution in [0, 0.1) is 28.6 Å². The zero-order chi connectivity index (χ0) is 19.4. The van der Waals surface area contributed by atoms with Crippen LogP contribution in [0.25, 0.3) is 0 Å². The predicted molar refractivity (Wildman–Crippen MR) is 94.2 cm³/mol. The molecule has 2 saturated heterocycles. The summed E-state index contributed by atoms with van der Waals surface area (Å²) in [5, 5.41) is 12.6. The van der Waals surface area contributed by atoms with Gasteiger partial charge in [0.25, 0.3) is 0 Å². The highest BCUT2D eigenvalue weighted by molar-refractivity contribution is 5.92. The number of carboxylic acids is 1. The first-order valence-electron chi connectivity index (χ1n) is 9.37. The van der Waals surface area contributed by atoms with Crippen LogP contribution in [0.2, 0.25) is 0 Å². The largest absolute Gasteiger partial charge is 0.480 e. The average Bonchev–Trinajstić information content (AvgIpc) is 3.01. The van der Waals surface area contributed by atoms with E-state index in [-0.39, 0.29) is 35.0 Å². The molecule has 5 atom stereocenters. The second kappa shape index (κ2) is 6.22. The van der Waals surface area contributed by atoms with Crippen LogP contribution < -0.4 is 5.32 Å². The summed E-state index contributed by atoms with van der Waals surface area (Å²) in [6.07, 6.45) is 0.649. The number of hydrogen-bond acceptors (Lipinski definition) is 4. The lowest BCUT2D eigenvalue weighted by Gasteiger charge is -2.37. The van der Waals surface area contributed by atoms with Crippen molar-refractivity contribution in [3.8, 4) is 0 Å². The summed E-state index contributed by atoms with van der Waals surface area (Å²) >= 11 is 0. The van der Waals surface area contributed by atoms with Crippen molar-refractivity contribution in [2.24, 2.45) is 28.6 Å². The monoisotopic (exact) mass is 366 g/mol. The fraction of sp³-hybridized carbons (Fsp3) is 0.842. The van der Waals surface area contributed by atoms with Crippen LogP contribution in [0.15, 0.2) is 0 Å². The second-order valence-electron chi connectivity index (χ2n) is 9.60. The molecule has 146 valence electrons. The van der Waals surface area contributed by atoms with E-state index in [2.05, 4.69) is 19.2 Å². The molecule has 3 aliphatic rings. The Bertz CT molecular complexity index is 618. The Morgan fingerprint density at radius 3 is 2.42 bits per heavy atom. The number of nitrogens with one attached hydrogen (secondary N) is 1. The van der Waals surface area contributed by atoms with Crippen molar-refractivity contribution < 1.29 is 24.2 Å². The molecule has 1 aliphatic carbocycles. The third kappa shape index (κ3) is 3.10. The molecule has 0 aromatic rings. The highest BCUT2D eigenvalue weighted by atomic mass is 16.5. The third-order valence-corrected chi connectivity index (χ3v) is 6.44. The van der Waals surface area contributed by atoms with Crippen molar-refractivity contribution >= 4 is 17.8 Å². The maximum absolute atomic E-state index is 13.3. The Morgan fingerprint density at radius 1 is 1.27 bits per heavy atom. The van der Waals surface area contributed by atoms with E-state index in [4.69, 9.17) is 4.74 Å². The number of aliphatic carboxylic acids is 1. The van der Waals surface area contributed by atoms with Gasteiger partial charge in [-0.3, -0.25) is 9.59 Å². The summed E-state index contributed by atoms with van der Waals surface area (Å²) in [7, 11) is 0. The van der Waals surface area contributed by atoms with E-state index in [0.29, 0.717) is 26.2 Å². The van der Waals surface area contributed by atoms with E-state index < -0.39 is 23.5 Å². The quantitative estimate of drug-likeness (QED) is 0.777. The summed E-state index contributed by atoms with van der Waals surface area (Å²) in [5.74, 6) is -1.48. The molecule has 2 heterocycles. The smallest absolute Gasteiger partial charge is 0.326 e. The lowest BCUT2D eigenvalue weighted by molar-refractivity contribution is -0.153. The van der Waals surface area contributed by atoms with Crippen LogP contribution in [-0.4, -0.2) is 59.6 Å². The molecule has 7 heteroatoms. The molecule has 2 amide bonds. The lowest BCUT2D eigenvalue weighted by Crippen LogP contribution is -2.58. The van der Waals surface area contributed by atoms with E-state index in [1.54, 1.807) is 0 Å². The molecule has 0 bridgehead atoms. The topological polar surface area (TPSA) is 95.9 Å². The Balaban J connectivity index is 1.78. The van der Waals surface area contributed by atoms with Gasteiger partial charge in [-0.1, -0.05) is 34.6 Å². The normalized spacial score (nSPS) is 33.5. The van der Waals surface area contributed by atoms with Gasteiger partial charge in [-0.15, -0.1) is 0 Å². The minimum Gasteiger partial charge on any atom is -0.480 e. The number of ether oxygens (including phenoxy) is 1. The Morgan fingerprint density at radius 2 is 1.92 bits per heavy atom. The minimum absolute atomic E-state index is 0.0106. The van der Waals surface area contributed by atoms with Crippen molar-refractivity contribution in [1.82, 2.24) is 10.2 Å². The Labute approximate surface area is 154 Å². The fourth-order valence-corrected chi connectivity index (χ4v) is 4.61. The molecule has 1 saturated carbocycles. The van der Waals surface area contributed by atoms with Gasteiger partial charge in [-0.2, -0.15) is 0 Å². The summed E-state index contributed by atoms with van der Waals surface area (Å²) < 4.78 is 5.26. The number of hydrogen-bond donors (Lipinski definition) is 2. The summed E-state index contributed by atoms with van der Waals surface area (Å²) in [4.78, 5) is 39.1. The van der Waals surface area contributed by atoms with Gasteiger partial charge < -0.3 is 20.1 Å². The standard InChI is InChI=1S/C19H30N2O5/c1-18(2,3)14(20-15(22)10-6-7-26-9-10)16(23)21-8-11-12(19(11,4)5)13(21)17(24)25/h10-14H,6-9H2,1-5H3,(H,20,22)(H,24,25)/t10?,11-,12-,13-,14+/m0/s1. The number of carboxylic acid groups (broad SMARTS) is 1. The van der Waals surface area contributed by atoms with Crippen LogP contribution in [-0.2, 0) is 19.1 Å². The Hall–Kier alpha value is -1.63. The number of likely N-dealkylation sites (tertiary alicyclic amines) is 1. The third-order valence-electron chi connectivity index (χ3n) is 6.44. The fourth-order valence-electron chi connectivity index (χ4n) is 4.61. The van der Waals surface area contributed by atoms with Gasteiger partial charge in [-0.05, 0) is 23.2 Å². The molecule has 0 radical (unpaired) electrons. The molecule has 2 N–H and O–H groups in total. The first-order chi connectivity index (χ1) is 12.0. The molecule has 0 aromatic heterocycles. The van der Waals surface area contributed by atoms with Crippen molar-refractivity contribution in [2.75, 3.05) is 19.8 Å². The molecule has 26 heavy (non-hydrogen) atoms. The molecule has 1 unspecified atom stereocenters.